The fourth-order valence-corrected chi connectivity index (χ4v) is 2.94. The SMILES string of the molecule is Cc1cc(C(Nc2ccccc2F)C(N)=O)c(C)s1. The van der Waals surface area contributed by atoms with Crippen LogP contribution in [0.2, 0.25) is 0 Å². The lowest BCUT2D eigenvalue weighted by molar-refractivity contribution is -0.118. The predicted molar refractivity (Wildman–Crippen MR) is 75.8 cm³/mol. The number of nitrogens with two attached hydrogens (primary N) is 1. The fourth-order valence-electron chi connectivity index (χ4n) is 1.97. The molecule has 1 aromatic heterocycles. The van der Waals surface area contributed by atoms with Crippen molar-refractivity contribution in [3.63, 3.8) is 0 Å². The maximum Gasteiger partial charge on any atom is 0.244 e. The Hall–Kier alpha value is -1.88. The highest BCUT2D eigenvalue weighted by Gasteiger charge is 2.22. The van der Waals surface area contributed by atoms with Gasteiger partial charge in [-0.05, 0) is 37.6 Å². The van der Waals surface area contributed by atoms with Crippen molar-refractivity contribution in [1.29, 1.82) is 0 Å². The van der Waals surface area contributed by atoms with Gasteiger partial charge in [0.25, 0.3) is 0 Å². The molecule has 0 fully saturated rings. The van der Waals surface area contributed by atoms with Crippen LogP contribution in [0.25, 0.3) is 0 Å². The van der Waals surface area contributed by atoms with Crippen molar-refractivity contribution < 1.29 is 9.18 Å². The van der Waals surface area contributed by atoms with Gasteiger partial charge in [-0.25, -0.2) is 4.39 Å². The van der Waals surface area contributed by atoms with E-state index in [0.29, 0.717) is 0 Å². The van der Waals surface area contributed by atoms with Gasteiger partial charge in [0, 0.05) is 9.75 Å². The zero-order valence-electron chi connectivity index (χ0n) is 10.7. The molecule has 1 unspecified atom stereocenters. The van der Waals surface area contributed by atoms with Gasteiger partial charge < -0.3 is 11.1 Å². The molecule has 2 aromatic rings. The molecule has 0 spiro atoms. The molecule has 3 N–H and O–H groups in total. The molecule has 1 atom stereocenters. The molecule has 0 radical (unpaired) electrons. The van der Waals surface area contributed by atoms with Crippen LogP contribution in [0, 0.1) is 19.7 Å². The van der Waals surface area contributed by atoms with E-state index in [4.69, 9.17) is 5.73 Å². The molecule has 19 heavy (non-hydrogen) atoms. The smallest absolute Gasteiger partial charge is 0.244 e. The summed E-state index contributed by atoms with van der Waals surface area (Å²) in [6.45, 7) is 3.88. The number of carbonyl (C=O) groups excluding carboxylic acids is 1. The van der Waals surface area contributed by atoms with E-state index in [1.54, 1.807) is 29.5 Å². The van der Waals surface area contributed by atoms with Crippen LogP contribution < -0.4 is 11.1 Å². The van der Waals surface area contributed by atoms with Crippen LogP contribution in [0.15, 0.2) is 30.3 Å². The summed E-state index contributed by atoms with van der Waals surface area (Å²) in [5.74, 6) is -0.928. The first-order chi connectivity index (χ1) is 8.99. The summed E-state index contributed by atoms with van der Waals surface area (Å²) in [6.07, 6.45) is 0. The van der Waals surface area contributed by atoms with Crippen molar-refractivity contribution in [3.05, 3.63) is 51.5 Å². The quantitative estimate of drug-likeness (QED) is 0.902. The lowest BCUT2D eigenvalue weighted by Gasteiger charge is -2.17. The van der Waals surface area contributed by atoms with Crippen LogP contribution in [0.4, 0.5) is 10.1 Å². The lowest BCUT2D eigenvalue weighted by Crippen LogP contribution is -2.28. The standard InChI is InChI=1S/C14H15FN2OS/c1-8-7-10(9(2)19-8)13(14(16)18)17-12-6-4-3-5-11(12)15/h3-7,13,17H,1-2H3,(H2,16,18). The Morgan fingerprint density at radius 3 is 2.58 bits per heavy atom. The summed E-state index contributed by atoms with van der Waals surface area (Å²) in [5, 5.41) is 2.87. The third-order valence-corrected chi connectivity index (χ3v) is 3.83. The van der Waals surface area contributed by atoms with Gasteiger partial charge in [0.15, 0.2) is 0 Å². The van der Waals surface area contributed by atoms with Gasteiger partial charge in [-0.1, -0.05) is 12.1 Å². The largest absolute Gasteiger partial charge is 0.368 e. The van der Waals surface area contributed by atoms with Crippen molar-refractivity contribution in [2.75, 3.05) is 5.32 Å². The van der Waals surface area contributed by atoms with Crippen LogP contribution in [-0.2, 0) is 4.79 Å². The van der Waals surface area contributed by atoms with Crippen molar-refractivity contribution >= 4 is 22.9 Å². The van der Waals surface area contributed by atoms with Gasteiger partial charge in [0.05, 0.1) is 5.69 Å². The van der Waals surface area contributed by atoms with Gasteiger partial charge in [-0.2, -0.15) is 0 Å². The molecule has 0 saturated carbocycles. The molecule has 0 bridgehead atoms. The van der Waals surface area contributed by atoms with Gasteiger partial charge in [0.2, 0.25) is 5.91 Å². The third-order valence-electron chi connectivity index (χ3n) is 2.85. The molecule has 0 saturated heterocycles. The average Bonchev–Trinajstić information content (AvgIpc) is 2.67. The number of rotatable bonds is 4. The third kappa shape index (κ3) is 2.93. The number of aryl methyl sites for hydroxylation is 2. The summed E-state index contributed by atoms with van der Waals surface area (Å²) in [6, 6.07) is 7.41. The molecular weight excluding hydrogens is 263 g/mol. The predicted octanol–water partition coefficient (Wildman–Crippen LogP) is 3.14. The molecule has 1 aromatic carbocycles. The molecule has 5 heteroatoms. The second-order valence-corrected chi connectivity index (χ2v) is 5.79. The Morgan fingerprint density at radius 2 is 2.05 bits per heavy atom. The minimum Gasteiger partial charge on any atom is -0.368 e. The Kier molecular flexibility index (Phi) is 3.85. The van der Waals surface area contributed by atoms with E-state index in [1.165, 1.54) is 6.07 Å². The number of hydrogen-bond donors (Lipinski definition) is 2. The zero-order valence-corrected chi connectivity index (χ0v) is 11.6. The van der Waals surface area contributed by atoms with E-state index < -0.39 is 17.8 Å². The van der Waals surface area contributed by atoms with Crippen molar-refractivity contribution in [2.45, 2.75) is 19.9 Å². The number of hydrogen-bond acceptors (Lipinski definition) is 3. The second kappa shape index (κ2) is 5.40. The van der Waals surface area contributed by atoms with E-state index in [0.717, 1.165) is 15.3 Å². The first-order valence-electron chi connectivity index (χ1n) is 5.86. The lowest BCUT2D eigenvalue weighted by atomic mass is 10.1. The minimum atomic E-state index is -0.721. The second-order valence-electron chi connectivity index (χ2n) is 4.33. The topological polar surface area (TPSA) is 55.1 Å². The summed E-state index contributed by atoms with van der Waals surface area (Å²) in [5.41, 5.74) is 6.50. The van der Waals surface area contributed by atoms with Crippen molar-refractivity contribution in [3.8, 4) is 0 Å². The van der Waals surface area contributed by atoms with Crippen molar-refractivity contribution in [1.82, 2.24) is 0 Å². The molecule has 3 nitrogen and oxygen atoms in total. The first kappa shape index (κ1) is 13.5. The summed E-state index contributed by atoms with van der Waals surface area (Å²) < 4.78 is 13.6. The Morgan fingerprint density at radius 1 is 1.37 bits per heavy atom. The number of para-hydroxylation sites is 1. The van der Waals surface area contributed by atoms with E-state index in [1.807, 2.05) is 19.9 Å². The number of benzene rings is 1. The number of halogens is 1. The Labute approximate surface area is 115 Å². The Bertz CT molecular complexity index is 609. The number of anilines is 1. The molecule has 1 heterocycles. The van der Waals surface area contributed by atoms with Gasteiger partial charge >= 0.3 is 0 Å². The van der Waals surface area contributed by atoms with Crippen LogP contribution in [0.1, 0.15) is 21.4 Å². The summed E-state index contributed by atoms with van der Waals surface area (Å²) >= 11 is 1.59. The summed E-state index contributed by atoms with van der Waals surface area (Å²) in [4.78, 5) is 13.7. The number of thiophene rings is 1. The van der Waals surface area contributed by atoms with Crippen molar-refractivity contribution in [2.24, 2.45) is 5.73 Å². The highest BCUT2D eigenvalue weighted by atomic mass is 32.1. The molecule has 2 rings (SSSR count). The van der Waals surface area contributed by atoms with Gasteiger partial charge in [-0.15, -0.1) is 11.3 Å². The van der Waals surface area contributed by atoms with E-state index in [2.05, 4.69) is 5.32 Å². The van der Waals surface area contributed by atoms with Crippen LogP contribution in [0.5, 0.6) is 0 Å². The molecular formula is C14H15FN2OS. The van der Waals surface area contributed by atoms with Crippen LogP contribution in [-0.4, -0.2) is 5.91 Å². The number of primary amides is 1. The average molecular weight is 278 g/mol. The van der Waals surface area contributed by atoms with E-state index in [-0.39, 0.29) is 5.69 Å². The fraction of sp³-hybridized carbons (Fsp3) is 0.214. The highest BCUT2D eigenvalue weighted by molar-refractivity contribution is 7.12. The number of amides is 1. The van der Waals surface area contributed by atoms with E-state index in [9.17, 15) is 9.18 Å². The maximum absolute atomic E-state index is 13.6. The monoisotopic (exact) mass is 278 g/mol. The number of carbonyl (C=O) groups is 1. The maximum atomic E-state index is 13.6. The molecule has 100 valence electrons. The zero-order chi connectivity index (χ0) is 14.0. The first-order valence-corrected chi connectivity index (χ1v) is 6.68. The summed E-state index contributed by atoms with van der Waals surface area (Å²) in [7, 11) is 0. The molecule has 1 amide bonds. The van der Waals surface area contributed by atoms with Gasteiger partial charge in [0.1, 0.15) is 11.9 Å². The van der Waals surface area contributed by atoms with Crippen LogP contribution in [0.3, 0.4) is 0 Å². The molecule has 0 aliphatic heterocycles. The van der Waals surface area contributed by atoms with E-state index >= 15 is 0 Å². The Balaban J connectivity index is 2.35. The minimum absolute atomic E-state index is 0.273. The highest BCUT2D eigenvalue weighted by Crippen LogP contribution is 2.29. The number of nitrogens with one attached hydrogen (secondary N) is 1. The van der Waals surface area contributed by atoms with Crippen LogP contribution >= 0.6 is 11.3 Å². The van der Waals surface area contributed by atoms with Gasteiger partial charge in [-0.3, -0.25) is 4.79 Å². The normalized spacial score (nSPS) is 12.2. The molecule has 0 aliphatic carbocycles. The molecule has 0 aliphatic rings.